The second-order valence-electron chi connectivity index (χ2n) is 14.4. The number of hydrogen-bond donors (Lipinski definition) is 0. The minimum absolute atomic E-state index is 0.891. The van der Waals surface area contributed by atoms with Gasteiger partial charge in [-0.2, -0.15) is 0 Å². The minimum Gasteiger partial charge on any atom is -0.456 e. The number of furan rings is 1. The van der Waals surface area contributed by atoms with Crippen LogP contribution in [0.5, 0.6) is 0 Å². The van der Waals surface area contributed by atoms with E-state index in [1.54, 1.807) is 11.3 Å². The predicted octanol–water partition coefficient (Wildman–Crippen LogP) is 14.6. The Hall–Kier alpha value is -7.01. The van der Waals surface area contributed by atoms with Crippen molar-refractivity contribution in [3.63, 3.8) is 0 Å². The van der Waals surface area contributed by atoms with E-state index in [0.717, 1.165) is 59.5 Å². The lowest BCUT2D eigenvalue weighted by molar-refractivity contribution is 0.669. The Labute approximate surface area is 320 Å². The fourth-order valence-electron chi connectivity index (χ4n) is 8.52. The van der Waals surface area contributed by atoms with Crippen molar-refractivity contribution < 1.29 is 4.42 Å². The number of benzene rings is 9. The van der Waals surface area contributed by atoms with Gasteiger partial charge in [-0.15, -0.1) is 11.3 Å². The van der Waals surface area contributed by atoms with Crippen LogP contribution < -0.4 is 0 Å². The van der Waals surface area contributed by atoms with Gasteiger partial charge < -0.3 is 8.98 Å². The van der Waals surface area contributed by atoms with Gasteiger partial charge in [0.2, 0.25) is 0 Å². The highest BCUT2D eigenvalue weighted by Crippen LogP contribution is 2.45. The molecule has 3 heterocycles. The van der Waals surface area contributed by atoms with Crippen LogP contribution in [0.25, 0.3) is 114 Å². The van der Waals surface area contributed by atoms with Gasteiger partial charge in [0.05, 0.1) is 21.3 Å². The van der Waals surface area contributed by atoms with Crippen LogP contribution in [0.2, 0.25) is 0 Å². The number of para-hydroxylation sites is 1. The van der Waals surface area contributed by atoms with Crippen LogP contribution >= 0.6 is 11.3 Å². The Balaban J connectivity index is 1.01. The summed E-state index contributed by atoms with van der Waals surface area (Å²) in [6.45, 7) is 0. The third kappa shape index (κ3) is 4.72. The van der Waals surface area contributed by atoms with Crippen molar-refractivity contribution in [3.05, 3.63) is 182 Å². The first-order valence-corrected chi connectivity index (χ1v) is 19.4. The lowest BCUT2D eigenvalue weighted by Gasteiger charge is -2.11. The normalized spacial score (nSPS) is 12.0. The zero-order chi connectivity index (χ0) is 36.0. The molecular formula is C51H30N2OS. The number of aromatic nitrogens is 2. The van der Waals surface area contributed by atoms with Crippen LogP contribution in [0.4, 0.5) is 0 Å². The van der Waals surface area contributed by atoms with Crippen LogP contribution in [0, 0.1) is 0 Å². The van der Waals surface area contributed by atoms with E-state index >= 15 is 0 Å². The molecule has 0 radical (unpaired) electrons. The molecule has 0 unspecified atom stereocenters. The van der Waals surface area contributed by atoms with E-state index in [-0.39, 0.29) is 0 Å². The van der Waals surface area contributed by atoms with Crippen LogP contribution in [0.3, 0.4) is 0 Å². The summed E-state index contributed by atoms with van der Waals surface area (Å²) in [4.78, 5) is 5.33. The zero-order valence-corrected chi connectivity index (χ0v) is 30.3. The Morgan fingerprint density at radius 1 is 0.436 bits per heavy atom. The lowest BCUT2D eigenvalue weighted by atomic mass is 10.0. The van der Waals surface area contributed by atoms with Crippen LogP contribution in [0.15, 0.2) is 186 Å². The third-order valence-corrected chi connectivity index (χ3v) is 12.3. The fourth-order valence-corrected chi connectivity index (χ4v) is 9.66. The highest BCUT2D eigenvalue weighted by molar-refractivity contribution is 7.22. The molecule has 0 aliphatic rings. The molecule has 3 aromatic heterocycles. The number of fused-ring (bicyclic) bond motifs is 10. The molecule has 9 aromatic carbocycles. The smallest absolute Gasteiger partial charge is 0.137 e. The molecule has 0 amide bonds. The van der Waals surface area contributed by atoms with Crippen LogP contribution in [-0.4, -0.2) is 9.55 Å². The third-order valence-electron chi connectivity index (χ3n) is 11.2. The van der Waals surface area contributed by atoms with Crippen molar-refractivity contribution in [3.8, 4) is 38.5 Å². The number of nitrogens with zero attached hydrogens (tertiary/aromatic N) is 2. The topological polar surface area (TPSA) is 31.0 Å². The molecule has 0 spiro atoms. The highest BCUT2D eigenvalue weighted by Gasteiger charge is 2.20. The molecule has 0 atom stereocenters. The summed E-state index contributed by atoms with van der Waals surface area (Å²) >= 11 is 1.74. The van der Waals surface area contributed by atoms with E-state index in [4.69, 9.17) is 9.40 Å². The SMILES string of the molecule is c1ccc(-c2cc3oc4ccccc4c3c3sc(-c4ccc(-c5ccc6c7cc8ccccc8cc7n(-c7ccc8ccccc8c7)c6c5)cc4)nc23)cc1. The van der Waals surface area contributed by atoms with Gasteiger partial charge in [-0.3, -0.25) is 0 Å². The summed E-state index contributed by atoms with van der Waals surface area (Å²) in [7, 11) is 0. The second kappa shape index (κ2) is 11.7. The molecule has 3 nitrogen and oxygen atoms in total. The molecule has 0 aliphatic carbocycles. The van der Waals surface area contributed by atoms with Gasteiger partial charge in [0.1, 0.15) is 16.2 Å². The molecule has 0 bridgehead atoms. The molecule has 256 valence electrons. The highest BCUT2D eigenvalue weighted by atomic mass is 32.1. The van der Waals surface area contributed by atoms with Crippen molar-refractivity contribution in [1.82, 2.24) is 9.55 Å². The summed E-state index contributed by atoms with van der Waals surface area (Å²) in [6.07, 6.45) is 0. The molecular weight excluding hydrogens is 689 g/mol. The van der Waals surface area contributed by atoms with Gasteiger partial charge in [0.25, 0.3) is 0 Å². The molecule has 12 aromatic rings. The molecule has 55 heavy (non-hydrogen) atoms. The molecule has 0 N–H and O–H groups in total. The van der Waals surface area contributed by atoms with Crippen LogP contribution in [0.1, 0.15) is 0 Å². The van der Waals surface area contributed by atoms with E-state index in [0.29, 0.717) is 0 Å². The van der Waals surface area contributed by atoms with Gasteiger partial charge in [0.15, 0.2) is 0 Å². The standard InChI is InChI=1S/C51H30N2OS/c1-2-11-33(12-3-1)42-30-47-48(41-16-8-9-17-46(41)54-47)50-49(42)52-51(55-50)34-20-18-32(19-21-34)38-23-25-40-43-27-36-14-6-7-15-37(36)28-45(43)53(44(40)29-38)39-24-22-31-10-4-5-13-35(31)26-39/h1-30H. The first kappa shape index (κ1) is 30.5. The molecule has 4 heteroatoms. The quantitative estimate of drug-likeness (QED) is 0.181. The average molecular weight is 719 g/mol. The molecule has 12 rings (SSSR count). The first-order valence-electron chi connectivity index (χ1n) is 18.6. The van der Waals surface area contributed by atoms with Gasteiger partial charge in [-0.25, -0.2) is 4.98 Å². The van der Waals surface area contributed by atoms with Gasteiger partial charge in [-0.1, -0.05) is 140 Å². The predicted molar refractivity (Wildman–Crippen MR) is 233 cm³/mol. The van der Waals surface area contributed by atoms with E-state index in [2.05, 4.69) is 174 Å². The minimum atomic E-state index is 0.891. The van der Waals surface area contributed by atoms with E-state index in [9.17, 15) is 0 Å². The van der Waals surface area contributed by atoms with Crippen molar-refractivity contribution in [2.24, 2.45) is 0 Å². The Morgan fingerprint density at radius 3 is 1.95 bits per heavy atom. The second-order valence-corrected chi connectivity index (χ2v) is 15.3. The molecule has 0 fully saturated rings. The Kier molecular flexibility index (Phi) is 6.50. The van der Waals surface area contributed by atoms with Gasteiger partial charge >= 0.3 is 0 Å². The Bertz CT molecular complexity index is 3480. The number of thiazole rings is 1. The summed E-state index contributed by atoms with van der Waals surface area (Å²) in [5.41, 5.74) is 12.0. The lowest BCUT2D eigenvalue weighted by Crippen LogP contribution is -1.94. The average Bonchev–Trinajstić information content (AvgIpc) is 3.94. The van der Waals surface area contributed by atoms with Gasteiger partial charge in [-0.05, 0) is 80.7 Å². The van der Waals surface area contributed by atoms with Crippen molar-refractivity contribution in [2.45, 2.75) is 0 Å². The summed E-state index contributed by atoms with van der Waals surface area (Å²) in [5.74, 6) is 0. The molecule has 0 aliphatic heterocycles. The number of hydrogen-bond acceptors (Lipinski definition) is 3. The van der Waals surface area contributed by atoms with E-state index in [1.807, 2.05) is 12.1 Å². The number of rotatable bonds is 4. The Morgan fingerprint density at radius 2 is 1.11 bits per heavy atom. The largest absolute Gasteiger partial charge is 0.456 e. The maximum absolute atomic E-state index is 6.40. The fraction of sp³-hybridized carbons (Fsp3) is 0. The summed E-state index contributed by atoms with van der Waals surface area (Å²) < 4.78 is 10.00. The zero-order valence-electron chi connectivity index (χ0n) is 29.5. The summed E-state index contributed by atoms with van der Waals surface area (Å²) in [5, 5.41) is 10.7. The van der Waals surface area contributed by atoms with Gasteiger partial charge in [0, 0.05) is 38.4 Å². The maximum Gasteiger partial charge on any atom is 0.137 e. The summed E-state index contributed by atoms with van der Waals surface area (Å²) in [6, 6.07) is 65.5. The van der Waals surface area contributed by atoms with Crippen molar-refractivity contribution in [2.75, 3.05) is 0 Å². The molecule has 0 saturated carbocycles. The molecule has 0 saturated heterocycles. The van der Waals surface area contributed by atoms with E-state index in [1.165, 1.54) is 54.5 Å². The van der Waals surface area contributed by atoms with E-state index < -0.39 is 0 Å². The van der Waals surface area contributed by atoms with Crippen molar-refractivity contribution in [1.29, 1.82) is 0 Å². The maximum atomic E-state index is 6.40. The van der Waals surface area contributed by atoms with Crippen molar-refractivity contribution >= 4 is 86.8 Å². The first-order chi connectivity index (χ1) is 27.2. The monoisotopic (exact) mass is 718 g/mol. The van der Waals surface area contributed by atoms with Crippen LogP contribution in [-0.2, 0) is 0 Å².